The quantitative estimate of drug-likeness (QED) is 0.840. The number of pyridine rings is 1. The Morgan fingerprint density at radius 3 is 2.39 bits per heavy atom. The Morgan fingerprint density at radius 2 is 1.91 bits per heavy atom. The number of methoxy groups -OCH3 is 1. The highest BCUT2D eigenvalue weighted by Gasteiger charge is 2.38. The molecule has 0 aliphatic heterocycles. The van der Waals surface area contributed by atoms with Gasteiger partial charge in [0.05, 0.1) is 12.8 Å². The SMILES string of the molecule is COC(=O)c1cc(-c2cccnc2)ncn1.O=C(O)C(F)(F)F. The number of hydrogen-bond donors (Lipinski definition) is 1. The smallest absolute Gasteiger partial charge is 0.475 e. The first-order valence-electron chi connectivity index (χ1n) is 5.86. The molecule has 0 bridgehead atoms. The van der Waals surface area contributed by atoms with Crippen LogP contribution in [0.1, 0.15) is 10.5 Å². The number of carbonyl (C=O) groups excluding carboxylic acids is 1. The van der Waals surface area contributed by atoms with Crippen molar-refractivity contribution in [2.24, 2.45) is 0 Å². The lowest BCUT2D eigenvalue weighted by molar-refractivity contribution is -0.192. The maximum Gasteiger partial charge on any atom is 0.490 e. The van der Waals surface area contributed by atoms with E-state index in [0.29, 0.717) is 5.69 Å². The van der Waals surface area contributed by atoms with Crippen molar-refractivity contribution in [1.82, 2.24) is 15.0 Å². The Labute approximate surface area is 127 Å². The number of aliphatic carboxylic acids is 1. The normalized spacial score (nSPS) is 10.3. The van der Waals surface area contributed by atoms with Crippen LogP contribution in [0.2, 0.25) is 0 Å². The summed E-state index contributed by atoms with van der Waals surface area (Å²) in [4.78, 5) is 32.0. The van der Waals surface area contributed by atoms with Crippen molar-refractivity contribution < 1.29 is 32.6 Å². The predicted molar refractivity (Wildman–Crippen MR) is 70.3 cm³/mol. The summed E-state index contributed by atoms with van der Waals surface area (Å²) in [6.45, 7) is 0. The van der Waals surface area contributed by atoms with Crippen LogP contribution in [0.3, 0.4) is 0 Å². The van der Waals surface area contributed by atoms with E-state index in [9.17, 15) is 18.0 Å². The second kappa shape index (κ2) is 7.82. The van der Waals surface area contributed by atoms with Crippen molar-refractivity contribution in [3.05, 3.63) is 42.6 Å². The summed E-state index contributed by atoms with van der Waals surface area (Å²) >= 11 is 0. The van der Waals surface area contributed by atoms with Gasteiger partial charge in [0.25, 0.3) is 0 Å². The molecule has 0 spiro atoms. The van der Waals surface area contributed by atoms with Crippen molar-refractivity contribution in [2.45, 2.75) is 6.18 Å². The fraction of sp³-hybridized carbons (Fsp3) is 0.154. The molecule has 0 radical (unpaired) electrons. The number of ether oxygens (including phenoxy) is 1. The molecule has 10 heteroatoms. The second-order valence-electron chi connectivity index (χ2n) is 3.82. The minimum absolute atomic E-state index is 0.233. The molecule has 0 aliphatic carbocycles. The summed E-state index contributed by atoms with van der Waals surface area (Å²) in [5, 5.41) is 7.12. The zero-order valence-corrected chi connectivity index (χ0v) is 11.6. The highest BCUT2D eigenvalue weighted by molar-refractivity contribution is 5.88. The minimum atomic E-state index is -5.08. The first kappa shape index (κ1) is 18.0. The molecule has 2 aromatic heterocycles. The summed E-state index contributed by atoms with van der Waals surface area (Å²) in [7, 11) is 1.31. The Hall–Kier alpha value is -3.04. The standard InChI is InChI=1S/C11H9N3O2.C2HF3O2/c1-16-11(15)10-5-9(13-7-14-10)8-3-2-4-12-6-8;3-2(4,5)1(6)7/h2-7H,1H3;(H,6,7). The molecule has 2 heterocycles. The molecular weight excluding hydrogens is 319 g/mol. The van der Waals surface area contributed by atoms with Crippen molar-refractivity contribution in [3.63, 3.8) is 0 Å². The Balaban J connectivity index is 0.000000322. The highest BCUT2D eigenvalue weighted by atomic mass is 19.4. The Kier molecular flexibility index (Phi) is 6.13. The Bertz CT molecular complexity index is 678. The maximum atomic E-state index is 11.3. The van der Waals surface area contributed by atoms with Gasteiger partial charge >= 0.3 is 18.1 Å². The van der Waals surface area contributed by atoms with Gasteiger partial charge < -0.3 is 9.84 Å². The molecule has 0 aliphatic rings. The summed E-state index contributed by atoms with van der Waals surface area (Å²) in [6.07, 6.45) is -0.413. The van der Waals surface area contributed by atoms with Crippen molar-refractivity contribution >= 4 is 11.9 Å². The van der Waals surface area contributed by atoms with Crippen LogP contribution in [0.4, 0.5) is 13.2 Å². The third kappa shape index (κ3) is 5.69. The number of hydrogen-bond acceptors (Lipinski definition) is 6. The van der Waals surface area contributed by atoms with Gasteiger partial charge in [0, 0.05) is 18.0 Å². The van der Waals surface area contributed by atoms with Gasteiger partial charge in [-0.2, -0.15) is 13.2 Å². The van der Waals surface area contributed by atoms with Crippen LogP contribution >= 0.6 is 0 Å². The second-order valence-corrected chi connectivity index (χ2v) is 3.82. The van der Waals surface area contributed by atoms with Crippen LogP contribution in [-0.4, -0.2) is 45.3 Å². The van der Waals surface area contributed by atoms with Gasteiger partial charge in [-0.15, -0.1) is 0 Å². The van der Waals surface area contributed by atoms with E-state index in [2.05, 4.69) is 19.7 Å². The van der Waals surface area contributed by atoms with E-state index in [4.69, 9.17) is 9.90 Å². The van der Waals surface area contributed by atoms with Crippen LogP contribution in [0.25, 0.3) is 11.3 Å². The van der Waals surface area contributed by atoms with Crippen LogP contribution in [0, 0.1) is 0 Å². The molecule has 2 aromatic rings. The lowest BCUT2D eigenvalue weighted by atomic mass is 10.2. The van der Waals surface area contributed by atoms with Gasteiger partial charge in [0.15, 0.2) is 5.69 Å². The molecule has 0 aromatic carbocycles. The summed E-state index contributed by atoms with van der Waals surface area (Å²) in [6, 6.07) is 5.23. The van der Waals surface area contributed by atoms with Crippen LogP contribution in [0.5, 0.6) is 0 Å². The lowest BCUT2D eigenvalue weighted by Gasteiger charge is -2.01. The molecule has 0 saturated carbocycles. The third-order valence-corrected chi connectivity index (χ3v) is 2.26. The number of nitrogens with zero attached hydrogens (tertiary/aromatic N) is 3. The van der Waals surface area contributed by atoms with Crippen molar-refractivity contribution in [1.29, 1.82) is 0 Å². The average Bonchev–Trinajstić information content (AvgIpc) is 2.54. The molecule has 122 valence electrons. The van der Waals surface area contributed by atoms with Crippen molar-refractivity contribution in [3.8, 4) is 11.3 Å². The molecule has 0 amide bonds. The molecule has 2 rings (SSSR count). The number of esters is 1. The van der Waals surface area contributed by atoms with Gasteiger partial charge in [0.1, 0.15) is 6.33 Å². The van der Waals surface area contributed by atoms with E-state index in [-0.39, 0.29) is 5.69 Å². The van der Waals surface area contributed by atoms with Crippen LogP contribution in [-0.2, 0) is 9.53 Å². The molecule has 0 unspecified atom stereocenters. The van der Waals surface area contributed by atoms with E-state index in [0.717, 1.165) is 5.56 Å². The predicted octanol–water partition coefficient (Wildman–Crippen LogP) is 1.96. The van der Waals surface area contributed by atoms with Crippen molar-refractivity contribution in [2.75, 3.05) is 7.11 Å². The van der Waals surface area contributed by atoms with E-state index in [1.54, 1.807) is 24.5 Å². The lowest BCUT2D eigenvalue weighted by Crippen LogP contribution is -2.21. The number of carboxylic acids is 1. The summed E-state index contributed by atoms with van der Waals surface area (Å²) < 4.78 is 36.3. The Morgan fingerprint density at radius 1 is 1.26 bits per heavy atom. The molecule has 23 heavy (non-hydrogen) atoms. The van der Waals surface area contributed by atoms with Gasteiger partial charge in [-0.25, -0.2) is 19.6 Å². The number of alkyl halides is 3. The number of rotatable bonds is 2. The van der Waals surface area contributed by atoms with E-state index in [1.165, 1.54) is 13.4 Å². The highest BCUT2D eigenvalue weighted by Crippen LogP contribution is 2.15. The van der Waals surface area contributed by atoms with Gasteiger partial charge in [-0.3, -0.25) is 4.98 Å². The largest absolute Gasteiger partial charge is 0.490 e. The molecule has 0 atom stereocenters. The number of carboxylic acid groups (broad SMARTS) is 1. The van der Waals surface area contributed by atoms with E-state index >= 15 is 0 Å². The number of aromatic nitrogens is 3. The number of halogens is 3. The topological polar surface area (TPSA) is 102 Å². The first-order chi connectivity index (χ1) is 10.8. The van der Waals surface area contributed by atoms with E-state index < -0.39 is 18.1 Å². The summed E-state index contributed by atoms with van der Waals surface area (Å²) in [5.74, 6) is -3.24. The monoisotopic (exact) mass is 329 g/mol. The van der Waals surface area contributed by atoms with Crippen LogP contribution in [0.15, 0.2) is 36.9 Å². The molecule has 0 fully saturated rings. The van der Waals surface area contributed by atoms with Gasteiger partial charge in [-0.05, 0) is 18.2 Å². The number of carbonyl (C=O) groups is 2. The van der Waals surface area contributed by atoms with Crippen LogP contribution < -0.4 is 0 Å². The first-order valence-corrected chi connectivity index (χ1v) is 5.86. The van der Waals surface area contributed by atoms with Gasteiger partial charge in [0.2, 0.25) is 0 Å². The van der Waals surface area contributed by atoms with Gasteiger partial charge in [-0.1, -0.05) is 0 Å². The molecule has 0 saturated heterocycles. The molecule has 1 N–H and O–H groups in total. The zero-order valence-electron chi connectivity index (χ0n) is 11.6. The average molecular weight is 329 g/mol. The fourth-order valence-corrected chi connectivity index (χ4v) is 1.25. The molecular formula is C13H10F3N3O4. The fourth-order valence-electron chi connectivity index (χ4n) is 1.25. The summed E-state index contributed by atoms with van der Waals surface area (Å²) in [5.41, 5.74) is 1.70. The van der Waals surface area contributed by atoms with E-state index in [1.807, 2.05) is 6.07 Å². The minimum Gasteiger partial charge on any atom is -0.475 e. The zero-order chi connectivity index (χ0) is 17.5. The maximum absolute atomic E-state index is 11.3. The molecule has 7 nitrogen and oxygen atoms in total. The third-order valence-electron chi connectivity index (χ3n) is 2.26.